The highest BCUT2D eigenvalue weighted by atomic mass is 32.1. The van der Waals surface area contributed by atoms with E-state index in [1.165, 1.54) is 53.1 Å². The van der Waals surface area contributed by atoms with Gasteiger partial charge in [-0.15, -0.1) is 11.3 Å². The summed E-state index contributed by atoms with van der Waals surface area (Å²) in [5, 5.41) is 14.8. The predicted molar refractivity (Wildman–Crippen MR) is 239 cm³/mol. The maximum Gasteiger partial charge on any atom is 0.159 e. The van der Waals surface area contributed by atoms with E-state index in [0.717, 1.165) is 51.0 Å². The molecule has 7 aromatic carbocycles. The molecule has 12 rings (SSSR count). The van der Waals surface area contributed by atoms with Crippen LogP contribution in [-0.2, 0) is 0 Å². The highest BCUT2D eigenvalue weighted by Crippen LogP contribution is 2.44. The maximum atomic E-state index is 6.83. The molecule has 1 aliphatic heterocycles. The summed E-state index contributed by atoms with van der Waals surface area (Å²) in [5.74, 6) is 1.21. The Hall–Kier alpha value is -6.73. The highest BCUT2D eigenvalue weighted by molar-refractivity contribution is 7.26. The summed E-state index contributed by atoms with van der Waals surface area (Å²) in [6.45, 7) is 0. The number of furan rings is 1. The zero-order valence-corrected chi connectivity index (χ0v) is 31.7. The third-order valence-corrected chi connectivity index (χ3v) is 12.9. The lowest BCUT2D eigenvalue weighted by molar-refractivity contribution is 0.339. The van der Waals surface area contributed by atoms with Gasteiger partial charge in [0, 0.05) is 53.2 Å². The summed E-state index contributed by atoms with van der Waals surface area (Å²) in [6.07, 6.45) is 9.64. The van der Waals surface area contributed by atoms with Crippen molar-refractivity contribution in [3.63, 3.8) is 0 Å². The Labute approximate surface area is 332 Å². The van der Waals surface area contributed by atoms with Gasteiger partial charge in [0.2, 0.25) is 0 Å². The van der Waals surface area contributed by atoms with Gasteiger partial charge in [-0.25, -0.2) is 4.99 Å². The van der Waals surface area contributed by atoms with Crippen molar-refractivity contribution in [3.8, 4) is 16.8 Å². The fourth-order valence-electron chi connectivity index (χ4n) is 9.21. The number of para-hydroxylation sites is 3. The first kappa shape index (κ1) is 32.5. The van der Waals surface area contributed by atoms with Gasteiger partial charge < -0.3 is 14.3 Å². The van der Waals surface area contributed by atoms with E-state index >= 15 is 0 Å². The molecule has 2 N–H and O–H groups in total. The van der Waals surface area contributed by atoms with Crippen LogP contribution >= 0.6 is 11.3 Å². The molecule has 1 aliphatic carbocycles. The van der Waals surface area contributed by atoms with Gasteiger partial charge >= 0.3 is 0 Å². The molecule has 0 saturated carbocycles. The molecular weight excluding hydrogens is 717 g/mol. The van der Waals surface area contributed by atoms with Crippen molar-refractivity contribution < 1.29 is 4.42 Å². The Morgan fingerprint density at radius 1 is 0.632 bits per heavy atom. The van der Waals surface area contributed by atoms with E-state index in [1.54, 1.807) is 0 Å². The fraction of sp³-hybridized carbons (Fsp3) is 0.0784. The lowest BCUT2D eigenvalue weighted by Gasteiger charge is -2.35. The molecule has 6 heteroatoms. The van der Waals surface area contributed by atoms with Crippen molar-refractivity contribution in [3.05, 3.63) is 187 Å². The number of amidine groups is 1. The molecule has 0 bridgehead atoms. The zero-order valence-electron chi connectivity index (χ0n) is 30.9. The second-order valence-electron chi connectivity index (χ2n) is 15.1. The van der Waals surface area contributed by atoms with Gasteiger partial charge in [-0.3, -0.25) is 5.32 Å². The number of nitrogens with one attached hydrogen (secondary N) is 2. The van der Waals surface area contributed by atoms with Crippen LogP contribution in [0.15, 0.2) is 185 Å². The Morgan fingerprint density at radius 3 is 2.21 bits per heavy atom. The Balaban J connectivity index is 0.992. The Morgan fingerprint density at radius 2 is 1.39 bits per heavy atom. The molecule has 0 fully saturated rings. The molecular formula is C51H36N4OS. The van der Waals surface area contributed by atoms with Crippen molar-refractivity contribution in [1.82, 2.24) is 15.2 Å². The predicted octanol–water partition coefficient (Wildman–Crippen LogP) is 12.8. The lowest BCUT2D eigenvalue weighted by atomic mass is 9.95. The number of hydrogen-bond acceptors (Lipinski definition) is 5. The van der Waals surface area contributed by atoms with E-state index < -0.39 is 0 Å². The van der Waals surface area contributed by atoms with Crippen LogP contribution in [0.5, 0.6) is 0 Å². The van der Waals surface area contributed by atoms with Crippen LogP contribution < -0.4 is 10.6 Å². The first-order valence-corrected chi connectivity index (χ1v) is 20.5. The monoisotopic (exact) mass is 752 g/mol. The van der Waals surface area contributed by atoms with E-state index in [4.69, 9.17) is 9.41 Å². The number of fused-ring (bicyclic) bond motifs is 9. The van der Waals surface area contributed by atoms with E-state index in [0.29, 0.717) is 0 Å². The fourth-order valence-corrected chi connectivity index (χ4v) is 10.4. The van der Waals surface area contributed by atoms with Crippen molar-refractivity contribution in [2.75, 3.05) is 0 Å². The minimum Gasteiger partial charge on any atom is -0.454 e. The second-order valence-corrected chi connectivity index (χ2v) is 16.2. The number of aromatic nitrogens is 1. The van der Waals surface area contributed by atoms with Gasteiger partial charge in [-0.05, 0) is 59.5 Å². The van der Waals surface area contributed by atoms with Gasteiger partial charge in [0.1, 0.15) is 23.8 Å². The highest BCUT2D eigenvalue weighted by Gasteiger charge is 2.30. The van der Waals surface area contributed by atoms with Crippen LogP contribution in [0.1, 0.15) is 23.7 Å². The van der Waals surface area contributed by atoms with Crippen LogP contribution in [0.3, 0.4) is 0 Å². The number of benzene rings is 7. The Bertz CT molecular complexity index is 3260. The summed E-state index contributed by atoms with van der Waals surface area (Å²) < 4.78 is 11.7. The first-order valence-electron chi connectivity index (χ1n) is 19.6. The van der Waals surface area contributed by atoms with Crippen molar-refractivity contribution in [2.24, 2.45) is 10.9 Å². The number of thiophene rings is 1. The minimum atomic E-state index is -0.0597. The number of hydrogen-bond donors (Lipinski definition) is 2. The first-order chi connectivity index (χ1) is 28.3. The molecule has 57 heavy (non-hydrogen) atoms. The smallest absolute Gasteiger partial charge is 0.159 e. The van der Waals surface area contributed by atoms with E-state index in [1.807, 2.05) is 11.3 Å². The largest absolute Gasteiger partial charge is 0.454 e. The summed E-state index contributed by atoms with van der Waals surface area (Å²) in [4.78, 5) is 5.37. The molecule has 10 aromatic rings. The van der Waals surface area contributed by atoms with Gasteiger partial charge in [0.25, 0.3) is 0 Å². The number of aliphatic imine (C=N–C) groups is 1. The molecule has 0 amide bonds. The molecule has 3 atom stereocenters. The second kappa shape index (κ2) is 12.9. The third-order valence-electron chi connectivity index (χ3n) is 11.8. The Kier molecular flexibility index (Phi) is 7.37. The molecule has 3 aromatic heterocycles. The maximum absolute atomic E-state index is 6.83. The molecule has 2 aliphatic rings. The summed E-state index contributed by atoms with van der Waals surface area (Å²) in [7, 11) is 0. The topological polar surface area (TPSA) is 54.5 Å². The van der Waals surface area contributed by atoms with Crippen molar-refractivity contribution in [1.29, 1.82) is 0 Å². The molecule has 0 spiro atoms. The molecule has 272 valence electrons. The van der Waals surface area contributed by atoms with Crippen molar-refractivity contribution >= 4 is 81.1 Å². The van der Waals surface area contributed by atoms with E-state index in [2.05, 4.69) is 191 Å². The molecule has 4 heterocycles. The number of rotatable bonds is 5. The van der Waals surface area contributed by atoms with Gasteiger partial charge in [0.05, 0.1) is 16.7 Å². The average Bonchev–Trinajstić information content (AvgIpc) is 3.96. The third kappa shape index (κ3) is 5.15. The molecule has 0 saturated heterocycles. The number of nitrogens with zero attached hydrogens (tertiary/aromatic N) is 2. The standard InChI is InChI=1S/C51H36N4OS/c1-3-14-31(15-4-1)49-52-50(32-16-5-2-6-17-32)54-51(53-49)39-22-13-27-44-47(39)37-29-28-33(30-45(37)57-44)34-20-12-26-43-46(34)38-21-11-25-42(48(38)56-43)55-40-23-9-7-18-35(40)36-19-8-10-24-41(36)55/h1-16,18-30,32,49-50,52H,17H2,(H,53,54). The van der Waals surface area contributed by atoms with Gasteiger partial charge in [-0.2, -0.15) is 0 Å². The van der Waals surface area contributed by atoms with Crippen LogP contribution in [0, 0.1) is 5.92 Å². The van der Waals surface area contributed by atoms with Crippen LogP contribution in [-0.4, -0.2) is 16.6 Å². The van der Waals surface area contributed by atoms with Crippen LogP contribution in [0.4, 0.5) is 0 Å². The molecule has 3 unspecified atom stereocenters. The zero-order chi connectivity index (χ0) is 37.5. The summed E-state index contributed by atoms with van der Waals surface area (Å²) >= 11 is 1.84. The summed E-state index contributed by atoms with van der Waals surface area (Å²) in [5.41, 5.74) is 9.82. The summed E-state index contributed by atoms with van der Waals surface area (Å²) in [6, 6.07) is 54.5. The quantitative estimate of drug-likeness (QED) is 0.184. The SMILES string of the molecule is C1=CCC(C2N=C(c3cccc4sc5cc(-c6cccc7oc8c(-n9c%10ccccc%10c%10ccccc%109)cccc8c67)ccc5c34)NC(c3ccccc3)N2)C=C1. The van der Waals surface area contributed by atoms with E-state index in [-0.39, 0.29) is 18.2 Å². The molecule has 5 nitrogen and oxygen atoms in total. The normalized spacial score (nSPS) is 18.3. The van der Waals surface area contributed by atoms with Crippen LogP contribution in [0.2, 0.25) is 0 Å². The van der Waals surface area contributed by atoms with Gasteiger partial charge in [-0.1, -0.05) is 140 Å². The number of allylic oxidation sites excluding steroid dienone is 3. The minimum absolute atomic E-state index is 0.0554. The van der Waals surface area contributed by atoms with Crippen LogP contribution in [0.25, 0.3) is 80.7 Å². The van der Waals surface area contributed by atoms with E-state index in [9.17, 15) is 0 Å². The lowest BCUT2D eigenvalue weighted by Crippen LogP contribution is -2.50. The van der Waals surface area contributed by atoms with Crippen molar-refractivity contribution in [2.45, 2.75) is 18.8 Å². The average molecular weight is 753 g/mol. The molecule has 0 radical (unpaired) electrons. The van der Waals surface area contributed by atoms with Gasteiger partial charge in [0.15, 0.2) is 5.58 Å².